The van der Waals surface area contributed by atoms with E-state index in [4.69, 9.17) is 11.5 Å². The number of benzene rings is 1. The summed E-state index contributed by atoms with van der Waals surface area (Å²) in [6, 6.07) is 4.03. The van der Waals surface area contributed by atoms with Crippen LogP contribution in [-0.4, -0.2) is 40.9 Å². The van der Waals surface area contributed by atoms with Crippen LogP contribution in [0.3, 0.4) is 0 Å². The normalized spacial score (nSPS) is 12.1. The SMILES string of the molecule is NC(N)=NCCCNCC(O)c1cc(O)ccc1O. The Morgan fingerprint density at radius 1 is 1.32 bits per heavy atom. The summed E-state index contributed by atoms with van der Waals surface area (Å²) in [6.07, 6.45) is -0.161. The van der Waals surface area contributed by atoms with Crippen LogP contribution < -0.4 is 16.8 Å². The molecule has 8 N–H and O–H groups in total. The average molecular weight is 268 g/mol. The number of aliphatic hydroxyl groups is 1. The molecule has 7 heteroatoms. The number of guanidine groups is 1. The number of hydrogen-bond acceptors (Lipinski definition) is 5. The molecular weight excluding hydrogens is 248 g/mol. The van der Waals surface area contributed by atoms with E-state index in [0.717, 1.165) is 6.42 Å². The molecule has 0 aliphatic carbocycles. The summed E-state index contributed by atoms with van der Waals surface area (Å²) < 4.78 is 0. The molecule has 0 fully saturated rings. The van der Waals surface area contributed by atoms with Gasteiger partial charge in [0.2, 0.25) is 0 Å². The molecular formula is C12H20N4O3. The fraction of sp³-hybridized carbons (Fsp3) is 0.417. The molecule has 0 aromatic heterocycles. The largest absolute Gasteiger partial charge is 0.508 e. The third-order valence-electron chi connectivity index (χ3n) is 2.51. The molecule has 106 valence electrons. The van der Waals surface area contributed by atoms with Crippen molar-refractivity contribution in [3.8, 4) is 11.5 Å². The van der Waals surface area contributed by atoms with Gasteiger partial charge in [-0.2, -0.15) is 0 Å². The summed E-state index contributed by atoms with van der Waals surface area (Å²) >= 11 is 0. The number of rotatable bonds is 7. The quantitative estimate of drug-likeness (QED) is 0.169. The third-order valence-corrected chi connectivity index (χ3v) is 2.51. The molecule has 19 heavy (non-hydrogen) atoms. The minimum absolute atomic E-state index is 0.000363. The maximum absolute atomic E-state index is 9.87. The first-order valence-corrected chi connectivity index (χ1v) is 5.96. The van der Waals surface area contributed by atoms with Crippen molar-refractivity contribution in [2.45, 2.75) is 12.5 Å². The van der Waals surface area contributed by atoms with Crippen LogP contribution in [0.1, 0.15) is 18.1 Å². The van der Waals surface area contributed by atoms with Crippen molar-refractivity contribution < 1.29 is 15.3 Å². The highest BCUT2D eigenvalue weighted by atomic mass is 16.3. The van der Waals surface area contributed by atoms with E-state index >= 15 is 0 Å². The van der Waals surface area contributed by atoms with Crippen LogP contribution in [0.2, 0.25) is 0 Å². The molecule has 1 aromatic carbocycles. The highest BCUT2D eigenvalue weighted by Crippen LogP contribution is 2.27. The van der Waals surface area contributed by atoms with Crippen LogP contribution in [0, 0.1) is 0 Å². The maximum atomic E-state index is 9.87. The summed E-state index contributed by atoms with van der Waals surface area (Å²) in [5.74, 6) is 0.0110. The van der Waals surface area contributed by atoms with E-state index < -0.39 is 6.10 Å². The summed E-state index contributed by atoms with van der Waals surface area (Å²) in [5.41, 5.74) is 10.6. The fourth-order valence-corrected chi connectivity index (χ4v) is 1.57. The zero-order valence-electron chi connectivity index (χ0n) is 10.6. The standard InChI is InChI=1S/C12H20N4O3/c13-12(14)16-5-1-4-15-7-11(19)9-6-8(17)2-3-10(9)18/h2-3,6,11,15,17-19H,1,4-5,7H2,(H4,13,14,16). The van der Waals surface area contributed by atoms with Gasteiger partial charge in [-0.05, 0) is 31.2 Å². The monoisotopic (exact) mass is 268 g/mol. The molecule has 0 spiro atoms. The Morgan fingerprint density at radius 3 is 2.74 bits per heavy atom. The molecule has 1 atom stereocenters. The van der Waals surface area contributed by atoms with E-state index in [0.29, 0.717) is 13.1 Å². The van der Waals surface area contributed by atoms with Gasteiger partial charge >= 0.3 is 0 Å². The molecule has 1 rings (SSSR count). The summed E-state index contributed by atoms with van der Waals surface area (Å²) in [4.78, 5) is 3.82. The molecule has 1 unspecified atom stereocenters. The number of nitrogens with zero attached hydrogens (tertiary/aromatic N) is 1. The van der Waals surface area contributed by atoms with E-state index in [1.54, 1.807) is 0 Å². The van der Waals surface area contributed by atoms with Gasteiger partial charge in [-0.1, -0.05) is 0 Å². The van der Waals surface area contributed by atoms with Crippen LogP contribution in [0.25, 0.3) is 0 Å². The van der Waals surface area contributed by atoms with Crippen molar-refractivity contribution in [2.24, 2.45) is 16.5 Å². The molecule has 1 aromatic rings. The number of nitrogens with one attached hydrogen (secondary N) is 1. The van der Waals surface area contributed by atoms with Gasteiger partial charge in [-0.3, -0.25) is 4.99 Å². The Bertz CT molecular complexity index is 433. The number of phenols is 2. The number of phenolic OH excluding ortho intramolecular Hbond substituents is 2. The van der Waals surface area contributed by atoms with Crippen LogP contribution in [0.5, 0.6) is 11.5 Å². The lowest BCUT2D eigenvalue weighted by molar-refractivity contribution is 0.170. The minimum atomic E-state index is -0.893. The van der Waals surface area contributed by atoms with Crippen molar-refractivity contribution >= 4 is 5.96 Å². The highest BCUT2D eigenvalue weighted by molar-refractivity contribution is 5.75. The van der Waals surface area contributed by atoms with Gasteiger partial charge in [0.25, 0.3) is 0 Å². The van der Waals surface area contributed by atoms with Crippen molar-refractivity contribution in [3.05, 3.63) is 23.8 Å². The molecule has 0 saturated heterocycles. The van der Waals surface area contributed by atoms with Crippen LogP contribution in [0.15, 0.2) is 23.2 Å². The predicted octanol–water partition coefficient (Wildman–Crippen LogP) is -0.616. The lowest BCUT2D eigenvalue weighted by Crippen LogP contribution is -2.25. The Kier molecular flexibility index (Phi) is 5.91. The summed E-state index contributed by atoms with van der Waals surface area (Å²) in [5, 5.41) is 31.7. The van der Waals surface area contributed by atoms with Gasteiger partial charge in [0.1, 0.15) is 11.5 Å². The Balaban J connectivity index is 2.33. The Morgan fingerprint density at radius 2 is 2.05 bits per heavy atom. The van der Waals surface area contributed by atoms with E-state index in [1.165, 1.54) is 18.2 Å². The molecule has 0 saturated carbocycles. The number of aliphatic hydroxyl groups excluding tert-OH is 1. The number of aliphatic imine (C=N–C) groups is 1. The van der Waals surface area contributed by atoms with Gasteiger partial charge < -0.3 is 32.1 Å². The van der Waals surface area contributed by atoms with Crippen molar-refractivity contribution in [2.75, 3.05) is 19.6 Å². The highest BCUT2D eigenvalue weighted by Gasteiger charge is 2.12. The zero-order chi connectivity index (χ0) is 14.3. The maximum Gasteiger partial charge on any atom is 0.185 e. The van der Waals surface area contributed by atoms with Gasteiger partial charge in [-0.25, -0.2) is 0 Å². The average Bonchev–Trinajstić information content (AvgIpc) is 2.36. The van der Waals surface area contributed by atoms with E-state index in [-0.39, 0.29) is 29.6 Å². The zero-order valence-corrected chi connectivity index (χ0v) is 10.6. The first kappa shape index (κ1) is 15.1. The topological polar surface area (TPSA) is 137 Å². The number of hydrogen-bond donors (Lipinski definition) is 6. The van der Waals surface area contributed by atoms with Crippen molar-refractivity contribution in [3.63, 3.8) is 0 Å². The first-order valence-electron chi connectivity index (χ1n) is 5.96. The number of aromatic hydroxyl groups is 2. The van der Waals surface area contributed by atoms with E-state index in [2.05, 4.69) is 10.3 Å². The van der Waals surface area contributed by atoms with Gasteiger partial charge in [0.15, 0.2) is 5.96 Å². The lowest BCUT2D eigenvalue weighted by Gasteiger charge is -2.13. The molecule has 0 radical (unpaired) electrons. The van der Waals surface area contributed by atoms with Crippen LogP contribution in [-0.2, 0) is 0 Å². The van der Waals surface area contributed by atoms with Crippen molar-refractivity contribution in [1.29, 1.82) is 0 Å². The number of nitrogens with two attached hydrogens (primary N) is 2. The van der Waals surface area contributed by atoms with Crippen LogP contribution in [0.4, 0.5) is 0 Å². The van der Waals surface area contributed by atoms with E-state index in [1.807, 2.05) is 0 Å². The summed E-state index contributed by atoms with van der Waals surface area (Å²) in [6.45, 7) is 1.41. The second-order valence-corrected chi connectivity index (χ2v) is 4.12. The Hall–Kier alpha value is -1.99. The lowest BCUT2D eigenvalue weighted by atomic mass is 10.1. The predicted molar refractivity (Wildman–Crippen MR) is 72.9 cm³/mol. The second kappa shape index (κ2) is 7.45. The molecule has 0 aliphatic heterocycles. The Labute approximate surface area is 111 Å². The van der Waals surface area contributed by atoms with Crippen molar-refractivity contribution in [1.82, 2.24) is 5.32 Å². The smallest absolute Gasteiger partial charge is 0.185 e. The van der Waals surface area contributed by atoms with Gasteiger partial charge in [0, 0.05) is 18.7 Å². The minimum Gasteiger partial charge on any atom is -0.508 e. The summed E-state index contributed by atoms with van der Waals surface area (Å²) in [7, 11) is 0. The van der Waals surface area contributed by atoms with E-state index in [9.17, 15) is 15.3 Å². The third kappa shape index (κ3) is 5.45. The molecule has 7 nitrogen and oxygen atoms in total. The molecule has 0 amide bonds. The van der Waals surface area contributed by atoms with Gasteiger partial charge in [-0.15, -0.1) is 0 Å². The van der Waals surface area contributed by atoms with Crippen LogP contribution >= 0.6 is 0 Å². The fourth-order valence-electron chi connectivity index (χ4n) is 1.57. The van der Waals surface area contributed by atoms with Gasteiger partial charge in [0.05, 0.1) is 6.10 Å². The molecule has 0 heterocycles. The molecule has 0 bridgehead atoms. The first-order chi connectivity index (χ1) is 9.00. The molecule has 0 aliphatic rings. The second-order valence-electron chi connectivity index (χ2n) is 4.12.